The van der Waals surface area contributed by atoms with E-state index in [9.17, 15) is 4.79 Å². The molecular formula is C24H34N2O2Si. The van der Waals surface area contributed by atoms with Crippen molar-refractivity contribution in [2.75, 3.05) is 6.61 Å². The van der Waals surface area contributed by atoms with Gasteiger partial charge in [0.2, 0.25) is 0 Å². The number of allylic oxidation sites excluding steroid dienone is 2. The van der Waals surface area contributed by atoms with Gasteiger partial charge in [-0.1, -0.05) is 39.6 Å². The van der Waals surface area contributed by atoms with Crippen molar-refractivity contribution in [1.29, 1.82) is 0 Å². The highest BCUT2D eigenvalue weighted by atomic mass is 28.3. The molecule has 156 valence electrons. The molecule has 2 atom stereocenters. The first kappa shape index (κ1) is 20.5. The molecule has 4 nitrogen and oxygen atoms in total. The van der Waals surface area contributed by atoms with Crippen molar-refractivity contribution in [3.05, 3.63) is 35.0 Å². The summed E-state index contributed by atoms with van der Waals surface area (Å²) in [4.78, 5) is 12.7. The topological polar surface area (TPSA) is 44.1 Å². The molecule has 2 aliphatic carbocycles. The smallest absolute Gasteiger partial charge is 0.161 e. The number of benzene rings is 1. The zero-order valence-corrected chi connectivity index (χ0v) is 19.8. The van der Waals surface area contributed by atoms with E-state index in [0.717, 1.165) is 37.0 Å². The number of hydrogen-bond acceptors (Lipinski definition) is 3. The maximum atomic E-state index is 12.7. The minimum absolute atomic E-state index is 0.101. The molecule has 1 heterocycles. The van der Waals surface area contributed by atoms with Crippen LogP contribution in [-0.4, -0.2) is 30.2 Å². The van der Waals surface area contributed by atoms with Gasteiger partial charge in [0.05, 0.1) is 11.7 Å². The van der Waals surface area contributed by atoms with Gasteiger partial charge < -0.3 is 4.74 Å². The third-order valence-electron chi connectivity index (χ3n) is 7.03. The Hall–Kier alpha value is -1.72. The second-order valence-electron chi connectivity index (χ2n) is 10.3. The highest BCUT2D eigenvalue weighted by molar-refractivity contribution is 6.76. The van der Waals surface area contributed by atoms with Crippen LogP contribution in [0.15, 0.2) is 23.9 Å². The molecule has 0 aliphatic heterocycles. The largest absolute Gasteiger partial charge is 0.360 e. The number of ether oxygens (including phenoxy) is 1. The van der Waals surface area contributed by atoms with Crippen LogP contribution in [0.5, 0.6) is 0 Å². The Labute approximate surface area is 175 Å². The highest BCUT2D eigenvalue weighted by Crippen LogP contribution is 2.57. The van der Waals surface area contributed by atoms with E-state index in [1.54, 1.807) is 0 Å². The Morgan fingerprint density at radius 3 is 2.76 bits per heavy atom. The minimum atomic E-state index is -1.08. The summed E-state index contributed by atoms with van der Waals surface area (Å²) in [5, 5.41) is 5.86. The van der Waals surface area contributed by atoms with Crippen LogP contribution in [0.2, 0.25) is 25.7 Å². The van der Waals surface area contributed by atoms with Crippen LogP contribution >= 0.6 is 0 Å². The van der Waals surface area contributed by atoms with Gasteiger partial charge in [0, 0.05) is 31.4 Å². The molecule has 0 saturated heterocycles. The molecule has 2 aromatic rings. The number of ketones is 1. The van der Waals surface area contributed by atoms with Crippen molar-refractivity contribution >= 4 is 30.3 Å². The maximum absolute atomic E-state index is 12.7. The van der Waals surface area contributed by atoms with Crippen LogP contribution in [0, 0.1) is 11.3 Å². The zero-order chi connectivity index (χ0) is 21.0. The van der Waals surface area contributed by atoms with Gasteiger partial charge in [0.15, 0.2) is 5.78 Å². The Balaban J connectivity index is 1.68. The molecule has 4 rings (SSSR count). The number of hydrogen-bond donors (Lipinski definition) is 0. The van der Waals surface area contributed by atoms with Gasteiger partial charge in [-0.2, -0.15) is 5.10 Å². The van der Waals surface area contributed by atoms with E-state index in [4.69, 9.17) is 4.74 Å². The molecule has 29 heavy (non-hydrogen) atoms. The number of aromatic nitrogens is 2. The van der Waals surface area contributed by atoms with E-state index >= 15 is 0 Å². The Kier molecular flexibility index (Phi) is 5.10. The monoisotopic (exact) mass is 410 g/mol. The Bertz CT molecular complexity index is 998. The van der Waals surface area contributed by atoms with Crippen LogP contribution in [0.3, 0.4) is 0 Å². The first-order valence-corrected chi connectivity index (χ1v) is 14.7. The lowest BCUT2D eigenvalue weighted by Gasteiger charge is -2.37. The van der Waals surface area contributed by atoms with E-state index < -0.39 is 8.07 Å². The lowest BCUT2D eigenvalue weighted by Crippen LogP contribution is -2.32. The number of Topliss-reactive ketones (excluding diaryl/α,β-unsaturated/α-hetero) is 1. The molecule has 0 radical (unpaired) electrons. The van der Waals surface area contributed by atoms with Crippen LogP contribution in [0.4, 0.5) is 0 Å². The third kappa shape index (κ3) is 3.42. The van der Waals surface area contributed by atoms with Crippen molar-refractivity contribution in [2.24, 2.45) is 11.3 Å². The second kappa shape index (κ2) is 7.20. The Morgan fingerprint density at radius 2 is 2.07 bits per heavy atom. The van der Waals surface area contributed by atoms with Gasteiger partial charge in [-0.25, -0.2) is 4.68 Å². The van der Waals surface area contributed by atoms with E-state index in [-0.39, 0.29) is 11.3 Å². The number of carbonyl (C=O) groups is 1. The Morgan fingerprint density at radius 1 is 1.31 bits per heavy atom. The molecule has 2 aliphatic rings. The third-order valence-corrected chi connectivity index (χ3v) is 8.73. The van der Waals surface area contributed by atoms with Crippen LogP contribution < -0.4 is 0 Å². The van der Waals surface area contributed by atoms with Crippen molar-refractivity contribution < 1.29 is 9.53 Å². The number of carbonyl (C=O) groups excluding carboxylic acids is 1. The molecular weight excluding hydrogens is 376 g/mol. The van der Waals surface area contributed by atoms with Gasteiger partial charge in [0.1, 0.15) is 6.73 Å². The maximum Gasteiger partial charge on any atom is 0.161 e. The number of nitrogens with zero attached hydrogens (tertiary/aromatic N) is 2. The first-order valence-electron chi connectivity index (χ1n) is 11.0. The highest BCUT2D eigenvalue weighted by Gasteiger charge is 2.47. The summed E-state index contributed by atoms with van der Waals surface area (Å²) in [6.45, 7) is 14.8. The summed E-state index contributed by atoms with van der Waals surface area (Å²) in [6.07, 6.45) is 5.04. The molecule has 5 heteroatoms. The SMILES string of the molecule is CC[C@]12Cc3c(ccc4c3cnn4COCC[Si](C)(C)C)C1=C(C)C(=O)[C@@H](C)C2. The predicted molar refractivity (Wildman–Crippen MR) is 122 cm³/mol. The number of rotatable bonds is 6. The fourth-order valence-corrected chi connectivity index (χ4v) is 6.13. The van der Waals surface area contributed by atoms with E-state index in [2.05, 4.69) is 50.7 Å². The average Bonchev–Trinajstić information content (AvgIpc) is 3.21. The molecule has 0 spiro atoms. The molecule has 1 aromatic carbocycles. The van der Waals surface area contributed by atoms with Crippen molar-refractivity contribution in [3.63, 3.8) is 0 Å². The van der Waals surface area contributed by atoms with Crippen LogP contribution in [-0.2, 0) is 22.7 Å². The number of fused-ring (bicyclic) bond motifs is 5. The second-order valence-corrected chi connectivity index (χ2v) is 15.9. The molecule has 1 aromatic heterocycles. The van der Waals surface area contributed by atoms with E-state index in [1.807, 2.05) is 17.8 Å². The van der Waals surface area contributed by atoms with Gasteiger partial charge in [0.25, 0.3) is 0 Å². The molecule has 0 saturated carbocycles. The van der Waals surface area contributed by atoms with E-state index in [0.29, 0.717) is 12.5 Å². The lowest BCUT2D eigenvalue weighted by molar-refractivity contribution is -0.120. The van der Waals surface area contributed by atoms with Gasteiger partial charge >= 0.3 is 0 Å². The predicted octanol–water partition coefficient (Wildman–Crippen LogP) is 5.68. The normalized spacial score (nSPS) is 24.3. The standard InChI is InChI=1S/C24H34N2O2Si/c1-7-24-12-16(2)23(27)17(3)22(24)18-8-9-21-20(19(18)13-24)14-25-26(21)15-28-10-11-29(4,5)6/h8-9,14,16H,7,10-13,15H2,1-6H3/t16-,24-/m0/s1. The lowest BCUT2D eigenvalue weighted by atomic mass is 9.65. The summed E-state index contributed by atoms with van der Waals surface area (Å²) in [6, 6.07) is 5.55. The summed E-state index contributed by atoms with van der Waals surface area (Å²) >= 11 is 0. The summed E-state index contributed by atoms with van der Waals surface area (Å²) in [5.41, 5.74) is 6.17. The van der Waals surface area contributed by atoms with Crippen molar-refractivity contribution in [3.8, 4) is 0 Å². The molecule has 0 amide bonds. The average molecular weight is 411 g/mol. The van der Waals surface area contributed by atoms with Crippen LogP contribution in [0.25, 0.3) is 16.5 Å². The molecule has 0 fully saturated rings. The van der Waals surface area contributed by atoms with Gasteiger partial charge in [-0.3, -0.25) is 4.79 Å². The van der Waals surface area contributed by atoms with Crippen molar-refractivity contribution in [2.45, 2.75) is 72.4 Å². The first-order chi connectivity index (χ1) is 13.7. The summed E-state index contributed by atoms with van der Waals surface area (Å²) in [5.74, 6) is 0.439. The fourth-order valence-electron chi connectivity index (χ4n) is 5.37. The van der Waals surface area contributed by atoms with Crippen molar-refractivity contribution in [1.82, 2.24) is 9.78 Å². The van der Waals surface area contributed by atoms with Gasteiger partial charge in [-0.15, -0.1) is 0 Å². The van der Waals surface area contributed by atoms with E-state index in [1.165, 1.54) is 28.1 Å². The summed E-state index contributed by atoms with van der Waals surface area (Å²) in [7, 11) is -1.08. The molecule has 0 bridgehead atoms. The minimum Gasteiger partial charge on any atom is -0.360 e. The molecule has 0 unspecified atom stereocenters. The molecule has 0 N–H and O–H groups in total. The zero-order valence-electron chi connectivity index (χ0n) is 18.8. The van der Waals surface area contributed by atoms with Gasteiger partial charge in [-0.05, 0) is 60.6 Å². The fraction of sp³-hybridized carbons (Fsp3) is 0.583. The quantitative estimate of drug-likeness (QED) is 0.454. The van der Waals surface area contributed by atoms with Crippen LogP contribution in [0.1, 0.15) is 44.7 Å². The summed E-state index contributed by atoms with van der Waals surface area (Å²) < 4.78 is 7.93.